The molecule has 1 aromatic heterocycles. The fourth-order valence-corrected chi connectivity index (χ4v) is 1.29. The Morgan fingerprint density at radius 1 is 1.29 bits per heavy atom. The fourth-order valence-electron chi connectivity index (χ4n) is 1.29. The molecular formula is C13H10N2O2. The van der Waals surface area contributed by atoms with Crippen molar-refractivity contribution in [1.29, 1.82) is 5.26 Å². The molecule has 1 heterocycles. The first kappa shape index (κ1) is 11.0. The summed E-state index contributed by atoms with van der Waals surface area (Å²) < 4.78 is 4.92. The molecule has 17 heavy (non-hydrogen) atoms. The van der Waals surface area contributed by atoms with Crippen LogP contribution in [0.1, 0.15) is 16.9 Å². The highest BCUT2D eigenvalue weighted by Gasteiger charge is 2.01. The van der Waals surface area contributed by atoms with E-state index < -0.39 is 0 Å². The van der Waals surface area contributed by atoms with Gasteiger partial charge < -0.3 is 9.25 Å². The molecule has 0 saturated carbocycles. The molecule has 0 saturated heterocycles. The van der Waals surface area contributed by atoms with Crippen LogP contribution in [0.25, 0.3) is 0 Å². The van der Waals surface area contributed by atoms with Crippen LogP contribution in [0.2, 0.25) is 0 Å². The lowest BCUT2D eigenvalue weighted by Gasteiger charge is -1.97. The summed E-state index contributed by atoms with van der Waals surface area (Å²) in [4.78, 5) is 5.11. The summed E-state index contributed by atoms with van der Waals surface area (Å²) >= 11 is 0. The monoisotopic (exact) mass is 226 g/mol. The average molecular weight is 226 g/mol. The summed E-state index contributed by atoms with van der Waals surface area (Å²) in [6.45, 7) is 0.400. The van der Waals surface area contributed by atoms with Gasteiger partial charge in [-0.2, -0.15) is 5.26 Å². The van der Waals surface area contributed by atoms with Crippen LogP contribution < -0.4 is 0 Å². The van der Waals surface area contributed by atoms with Gasteiger partial charge in [-0.15, -0.1) is 0 Å². The molecule has 0 bridgehead atoms. The van der Waals surface area contributed by atoms with E-state index in [1.807, 2.05) is 36.4 Å². The standard InChI is InChI=1S/C13H10N2O2/c14-8-13-12(6-7-16-13)9-15-17-10-11-4-2-1-3-5-11/h1-7,9H,10H2/b15-9+. The third kappa shape index (κ3) is 2.95. The molecule has 2 aromatic rings. The zero-order valence-electron chi connectivity index (χ0n) is 9.04. The zero-order chi connectivity index (χ0) is 11.9. The van der Waals surface area contributed by atoms with E-state index in [0.717, 1.165) is 5.56 Å². The average Bonchev–Trinajstić information content (AvgIpc) is 2.83. The van der Waals surface area contributed by atoms with Gasteiger partial charge in [0.15, 0.2) is 0 Å². The topological polar surface area (TPSA) is 58.5 Å². The Hall–Kier alpha value is -2.54. The maximum absolute atomic E-state index is 8.70. The quantitative estimate of drug-likeness (QED) is 0.594. The Balaban J connectivity index is 1.89. The summed E-state index contributed by atoms with van der Waals surface area (Å²) in [5.41, 5.74) is 1.65. The predicted octanol–water partition coefficient (Wildman–Crippen LogP) is 2.70. The Kier molecular flexibility index (Phi) is 3.56. The first-order valence-corrected chi connectivity index (χ1v) is 5.07. The minimum Gasteiger partial charge on any atom is -0.453 e. The fraction of sp³-hybridized carbons (Fsp3) is 0.0769. The van der Waals surface area contributed by atoms with E-state index in [9.17, 15) is 0 Å². The largest absolute Gasteiger partial charge is 0.453 e. The lowest BCUT2D eigenvalue weighted by Crippen LogP contribution is -1.88. The molecule has 2 rings (SSSR count). The van der Waals surface area contributed by atoms with Crippen LogP contribution in [0.3, 0.4) is 0 Å². The second-order valence-corrected chi connectivity index (χ2v) is 3.31. The molecule has 1 aromatic carbocycles. The highest BCUT2D eigenvalue weighted by Crippen LogP contribution is 2.06. The normalized spacial score (nSPS) is 10.3. The second-order valence-electron chi connectivity index (χ2n) is 3.31. The van der Waals surface area contributed by atoms with Crippen molar-refractivity contribution >= 4 is 6.21 Å². The van der Waals surface area contributed by atoms with Gasteiger partial charge in [-0.05, 0) is 11.6 Å². The number of benzene rings is 1. The van der Waals surface area contributed by atoms with Crippen LogP contribution >= 0.6 is 0 Å². The van der Waals surface area contributed by atoms with Crippen molar-refractivity contribution in [3.63, 3.8) is 0 Å². The van der Waals surface area contributed by atoms with E-state index >= 15 is 0 Å². The van der Waals surface area contributed by atoms with Crippen molar-refractivity contribution < 1.29 is 9.25 Å². The van der Waals surface area contributed by atoms with Crippen LogP contribution in [-0.4, -0.2) is 6.21 Å². The molecule has 0 aliphatic heterocycles. The third-order valence-electron chi connectivity index (χ3n) is 2.14. The van der Waals surface area contributed by atoms with Crippen LogP contribution in [0.5, 0.6) is 0 Å². The molecule has 4 heteroatoms. The Bertz CT molecular complexity index is 538. The van der Waals surface area contributed by atoms with Gasteiger partial charge in [0.1, 0.15) is 12.7 Å². The Labute approximate surface area is 98.7 Å². The molecule has 0 aliphatic carbocycles. The minimum absolute atomic E-state index is 0.233. The van der Waals surface area contributed by atoms with Crippen LogP contribution in [0.15, 0.2) is 52.2 Å². The molecule has 0 amide bonds. The number of nitriles is 1. The van der Waals surface area contributed by atoms with E-state index in [0.29, 0.717) is 12.2 Å². The minimum atomic E-state index is 0.233. The third-order valence-corrected chi connectivity index (χ3v) is 2.14. The van der Waals surface area contributed by atoms with Gasteiger partial charge >= 0.3 is 0 Å². The number of nitrogens with zero attached hydrogens (tertiary/aromatic N) is 2. The Morgan fingerprint density at radius 3 is 2.88 bits per heavy atom. The molecular weight excluding hydrogens is 216 g/mol. The zero-order valence-corrected chi connectivity index (χ0v) is 9.04. The first-order valence-electron chi connectivity index (χ1n) is 5.07. The SMILES string of the molecule is N#Cc1occc1/C=N/OCc1ccccc1. The molecule has 0 unspecified atom stereocenters. The lowest BCUT2D eigenvalue weighted by atomic mass is 10.2. The van der Waals surface area contributed by atoms with Crippen LogP contribution in [-0.2, 0) is 11.4 Å². The molecule has 0 N–H and O–H groups in total. The Morgan fingerprint density at radius 2 is 2.12 bits per heavy atom. The molecule has 0 radical (unpaired) electrons. The predicted molar refractivity (Wildman–Crippen MR) is 62.2 cm³/mol. The summed E-state index contributed by atoms with van der Waals surface area (Å²) in [7, 11) is 0. The van der Waals surface area contributed by atoms with Crippen molar-refractivity contribution in [2.75, 3.05) is 0 Å². The van der Waals surface area contributed by atoms with Crippen molar-refractivity contribution in [2.45, 2.75) is 6.61 Å². The van der Waals surface area contributed by atoms with E-state index in [2.05, 4.69) is 5.16 Å². The summed E-state index contributed by atoms with van der Waals surface area (Å²) in [5, 5.41) is 12.5. The van der Waals surface area contributed by atoms with Crippen molar-refractivity contribution in [1.82, 2.24) is 0 Å². The van der Waals surface area contributed by atoms with Gasteiger partial charge in [-0.25, -0.2) is 0 Å². The van der Waals surface area contributed by atoms with Crippen LogP contribution in [0, 0.1) is 11.3 Å². The number of hydrogen-bond donors (Lipinski definition) is 0. The van der Waals surface area contributed by atoms with E-state index in [4.69, 9.17) is 14.5 Å². The molecule has 84 valence electrons. The van der Waals surface area contributed by atoms with Crippen LogP contribution in [0.4, 0.5) is 0 Å². The molecule has 4 nitrogen and oxygen atoms in total. The van der Waals surface area contributed by atoms with Gasteiger partial charge in [0.2, 0.25) is 5.76 Å². The number of furan rings is 1. The van der Waals surface area contributed by atoms with E-state index in [-0.39, 0.29) is 5.76 Å². The van der Waals surface area contributed by atoms with E-state index in [1.165, 1.54) is 12.5 Å². The lowest BCUT2D eigenvalue weighted by molar-refractivity contribution is 0.132. The maximum atomic E-state index is 8.70. The summed E-state index contributed by atoms with van der Waals surface area (Å²) in [6.07, 6.45) is 2.90. The van der Waals surface area contributed by atoms with Gasteiger partial charge in [-0.3, -0.25) is 0 Å². The summed E-state index contributed by atoms with van der Waals surface area (Å²) in [5.74, 6) is 0.233. The van der Waals surface area contributed by atoms with Crippen molar-refractivity contribution in [3.8, 4) is 6.07 Å². The summed E-state index contributed by atoms with van der Waals surface area (Å²) in [6, 6.07) is 13.3. The molecule has 0 spiro atoms. The van der Waals surface area contributed by atoms with Crippen molar-refractivity contribution in [2.24, 2.45) is 5.16 Å². The highest BCUT2D eigenvalue weighted by molar-refractivity contribution is 5.81. The maximum Gasteiger partial charge on any atom is 0.212 e. The molecule has 0 fully saturated rings. The van der Waals surface area contributed by atoms with Gasteiger partial charge in [0.25, 0.3) is 0 Å². The number of rotatable bonds is 4. The molecule has 0 atom stereocenters. The van der Waals surface area contributed by atoms with Gasteiger partial charge in [-0.1, -0.05) is 35.5 Å². The highest BCUT2D eigenvalue weighted by atomic mass is 16.6. The molecule has 0 aliphatic rings. The smallest absolute Gasteiger partial charge is 0.212 e. The first-order chi connectivity index (χ1) is 8.40. The number of oxime groups is 1. The van der Waals surface area contributed by atoms with Gasteiger partial charge in [0, 0.05) is 0 Å². The van der Waals surface area contributed by atoms with Crippen molar-refractivity contribution in [3.05, 3.63) is 59.5 Å². The second kappa shape index (κ2) is 5.52. The van der Waals surface area contributed by atoms with E-state index in [1.54, 1.807) is 6.07 Å². The van der Waals surface area contributed by atoms with Gasteiger partial charge in [0.05, 0.1) is 18.0 Å². The number of hydrogen-bond acceptors (Lipinski definition) is 4.